The number of aliphatic hydroxyl groups is 1. The molecular formula is C27H21N3O4. The molecule has 0 atom stereocenters. The Bertz CT molecular complexity index is 1560. The highest BCUT2D eigenvalue weighted by Crippen LogP contribution is 2.37. The first-order valence-electron chi connectivity index (χ1n) is 11.0. The van der Waals surface area contributed by atoms with Crippen LogP contribution in [0.1, 0.15) is 5.69 Å². The van der Waals surface area contributed by atoms with Crippen molar-refractivity contribution in [1.29, 1.82) is 0 Å². The van der Waals surface area contributed by atoms with E-state index in [0.717, 1.165) is 16.7 Å². The highest BCUT2D eigenvalue weighted by atomic mass is 16.6. The number of ether oxygens (including phenoxy) is 2. The third kappa shape index (κ3) is 3.25. The van der Waals surface area contributed by atoms with Crippen molar-refractivity contribution in [3.8, 4) is 45.0 Å². The zero-order valence-corrected chi connectivity index (χ0v) is 18.2. The van der Waals surface area contributed by atoms with Gasteiger partial charge in [0.1, 0.15) is 24.6 Å². The lowest BCUT2D eigenvalue weighted by atomic mass is 10.0. The summed E-state index contributed by atoms with van der Waals surface area (Å²) in [5.41, 5.74) is 4.87. The number of benzene rings is 3. The normalized spacial score (nSPS) is 12.7. The Labute approximate surface area is 194 Å². The molecule has 1 aliphatic rings. The Hall–Kier alpha value is -4.36. The van der Waals surface area contributed by atoms with Gasteiger partial charge in [-0.25, -0.2) is 0 Å². The number of nitrogens with one attached hydrogen (secondary N) is 1. The van der Waals surface area contributed by atoms with E-state index in [1.54, 1.807) is 18.2 Å². The van der Waals surface area contributed by atoms with E-state index in [2.05, 4.69) is 4.98 Å². The number of fused-ring (bicyclic) bond motifs is 2. The van der Waals surface area contributed by atoms with Crippen LogP contribution >= 0.6 is 0 Å². The quantitative estimate of drug-likeness (QED) is 0.426. The lowest BCUT2D eigenvalue weighted by Crippen LogP contribution is -2.21. The Morgan fingerprint density at radius 3 is 2.21 bits per heavy atom. The lowest BCUT2D eigenvalue weighted by Gasteiger charge is -2.19. The van der Waals surface area contributed by atoms with Crippen LogP contribution in [0, 0.1) is 0 Å². The second-order valence-corrected chi connectivity index (χ2v) is 8.02. The molecule has 0 amide bonds. The molecule has 0 radical (unpaired) electrons. The van der Waals surface area contributed by atoms with E-state index in [9.17, 15) is 9.90 Å². The molecule has 1 aliphatic heterocycles. The Morgan fingerprint density at radius 1 is 0.824 bits per heavy atom. The van der Waals surface area contributed by atoms with Gasteiger partial charge < -0.3 is 19.6 Å². The maximum absolute atomic E-state index is 13.8. The zero-order chi connectivity index (χ0) is 23.1. The summed E-state index contributed by atoms with van der Waals surface area (Å²) in [5.74, 6) is 1.21. The van der Waals surface area contributed by atoms with Gasteiger partial charge in [-0.15, -0.1) is 0 Å². The van der Waals surface area contributed by atoms with Crippen molar-refractivity contribution in [2.75, 3.05) is 13.2 Å². The van der Waals surface area contributed by atoms with Gasteiger partial charge in [0.2, 0.25) is 0 Å². The first kappa shape index (κ1) is 20.3. The van der Waals surface area contributed by atoms with Crippen LogP contribution < -0.4 is 15.0 Å². The molecule has 6 rings (SSSR count). The molecule has 2 N–H and O–H groups in total. The molecule has 34 heavy (non-hydrogen) atoms. The first-order valence-corrected chi connectivity index (χ1v) is 11.0. The number of rotatable bonds is 4. The van der Waals surface area contributed by atoms with Crippen molar-refractivity contribution < 1.29 is 14.6 Å². The van der Waals surface area contributed by atoms with Crippen molar-refractivity contribution >= 4 is 5.65 Å². The Balaban J connectivity index is 1.65. The van der Waals surface area contributed by atoms with Gasteiger partial charge in [0.05, 0.1) is 23.4 Å². The molecule has 0 aliphatic carbocycles. The monoisotopic (exact) mass is 451 g/mol. The summed E-state index contributed by atoms with van der Waals surface area (Å²) in [4.78, 5) is 17.1. The summed E-state index contributed by atoms with van der Waals surface area (Å²) in [6.45, 7) is 0.590. The summed E-state index contributed by atoms with van der Waals surface area (Å²) >= 11 is 0. The number of H-pyrrole nitrogens is 1. The predicted octanol–water partition coefficient (Wildman–Crippen LogP) is 4.29. The number of nitrogens with zero attached hydrogens (tertiary/aromatic N) is 2. The number of hydrogen-bond acceptors (Lipinski definition) is 5. The van der Waals surface area contributed by atoms with E-state index in [0.29, 0.717) is 52.9 Å². The van der Waals surface area contributed by atoms with Crippen molar-refractivity contribution in [3.05, 3.63) is 94.9 Å². The average molecular weight is 451 g/mol. The van der Waals surface area contributed by atoms with E-state index < -0.39 is 0 Å². The number of aromatic nitrogens is 3. The number of aromatic amines is 1. The minimum atomic E-state index is -0.338. The first-order chi connectivity index (χ1) is 16.7. The van der Waals surface area contributed by atoms with Crippen LogP contribution in [0.15, 0.2) is 83.7 Å². The fourth-order valence-electron chi connectivity index (χ4n) is 4.41. The minimum Gasteiger partial charge on any atom is -0.486 e. The van der Waals surface area contributed by atoms with Crippen LogP contribution in [-0.4, -0.2) is 32.9 Å². The third-order valence-electron chi connectivity index (χ3n) is 5.96. The molecule has 7 nitrogen and oxygen atoms in total. The summed E-state index contributed by atoms with van der Waals surface area (Å²) in [7, 11) is 0. The van der Waals surface area contributed by atoms with Gasteiger partial charge in [0.25, 0.3) is 5.56 Å². The van der Waals surface area contributed by atoms with Crippen molar-refractivity contribution in [3.63, 3.8) is 0 Å². The minimum absolute atomic E-state index is 0.325. The maximum atomic E-state index is 13.8. The van der Waals surface area contributed by atoms with Crippen molar-refractivity contribution in [2.24, 2.45) is 0 Å². The molecule has 5 aromatic rings. The topological polar surface area (TPSA) is 88.9 Å². The molecular weight excluding hydrogens is 430 g/mol. The molecule has 0 unspecified atom stereocenters. The van der Waals surface area contributed by atoms with E-state index in [1.165, 1.54) is 4.52 Å². The summed E-state index contributed by atoms with van der Waals surface area (Å²) < 4.78 is 12.7. The van der Waals surface area contributed by atoms with E-state index in [1.807, 2.05) is 60.7 Å². The van der Waals surface area contributed by atoms with Crippen LogP contribution in [0.2, 0.25) is 0 Å². The molecule has 7 heteroatoms. The van der Waals surface area contributed by atoms with Crippen LogP contribution in [0.3, 0.4) is 0 Å². The second kappa shape index (κ2) is 8.20. The highest BCUT2D eigenvalue weighted by molar-refractivity contribution is 5.91. The molecule has 3 heterocycles. The fourth-order valence-corrected chi connectivity index (χ4v) is 4.41. The van der Waals surface area contributed by atoms with Gasteiger partial charge in [-0.3, -0.25) is 4.79 Å². The number of hydrogen-bond donors (Lipinski definition) is 2. The summed E-state index contributed by atoms with van der Waals surface area (Å²) in [6, 6.07) is 24.9. The van der Waals surface area contributed by atoms with Crippen LogP contribution in [-0.2, 0) is 6.61 Å². The van der Waals surface area contributed by atoms with Crippen LogP contribution in [0.4, 0.5) is 0 Å². The average Bonchev–Trinajstić information content (AvgIpc) is 3.29. The zero-order valence-electron chi connectivity index (χ0n) is 18.2. The van der Waals surface area contributed by atoms with Gasteiger partial charge in [0.15, 0.2) is 11.5 Å². The summed E-state index contributed by atoms with van der Waals surface area (Å²) in [6.07, 6.45) is 0. The van der Waals surface area contributed by atoms with Crippen LogP contribution in [0.25, 0.3) is 39.2 Å². The lowest BCUT2D eigenvalue weighted by molar-refractivity contribution is 0.171. The molecule has 0 saturated carbocycles. The second-order valence-electron chi connectivity index (χ2n) is 8.02. The summed E-state index contributed by atoms with van der Waals surface area (Å²) in [5, 5.41) is 15.0. The Morgan fingerprint density at radius 2 is 1.50 bits per heavy atom. The van der Waals surface area contributed by atoms with Gasteiger partial charge in [-0.2, -0.15) is 9.61 Å². The molecule has 3 aromatic carbocycles. The smallest absolute Gasteiger partial charge is 0.282 e. The fraction of sp³-hybridized carbons (Fsp3) is 0.111. The van der Waals surface area contributed by atoms with Gasteiger partial charge >= 0.3 is 0 Å². The Kier molecular flexibility index (Phi) is 4.89. The molecule has 0 saturated heterocycles. The van der Waals surface area contributed by atoms with Crippen molar-refractivity contribution in [1.82, 2.24) is 14.6 Å². The van der Waals surface area contributed by atoms with Crippen LogP contribution in [0.5, 0.6) is 11.5 Å². The highest BCUT2D eigenvalue weighted by Gasteiger charge is 2.23. The molecule has 0 fully saturated rings. The maximum Gasteiger partial charge on any atom is 0.282 e. The van der Waals surface area contributed by atoms with Gasteiger partial charge in [-0.05, 0) is 23.3 Å². The SMILES string of the molecule is O=c1c(-c2ccc3c(c2)OCCO3)c(CO)[nH]c2c(-c3ccccc3)c(-c3ccccc3)nn12. The molecule has 0 bridgehead atoms. The van der Waals surface area contributed by atoms with E-state index in [-0.39, 0.29) is 12.2 Å². The third-order valence-corrected chi connectivity index (χ3v) is 5.96. The van der Waals surface area contributed by atoms with E-state index >= 15 is 0 Å². The van der Waals surface area contributed by atoms with Gasteiger partial charge in [-0.1, -0.05) is 66.7 Å². The molecule has 0 spiro atoms. The molecule has 168 valence electrons. The standard InChI is InChI=1S/C27H21N3O4/c31-16-20-23(19-11-12-21-22(15-19)34-14-13-33-21)27(32)30-26(28-20)24(17-7-3-1-4-8-17)25(29-30)18-9-5-2-6-10-18/h1-12,15,28,31H,13-14,16H2. The molecule has 2 aromatic heterocycles. The van der Waals surface area contributed by atoms with Gasteiger partial charge in [0, 0.05) is 5.56 Å². The largest absolute Gasteiger partial charge is 0.486 e. The predicted molar refractivity (Wildman–Crippen MR) is 129 cm³/mol. The van der Waals surface area contributed by atoms with Crippen molar-refractivity contribution in [2.45, 2.75) is 6.61 Å². The number of aliphatic hydroxyl groups excluding tert-OH is 1. The van der Waals surface area contributed by atoms with E-state index in [4.69, 9.17) is 14.6 Å².